The summed E-state index contributed by atoms with van der Waals surface area (Å²) in [5.74, 6) is 0. The van der Waals surface area contributed by atoms with Gasteiger partial charge in [0.05, 0.1) is 11.6 Å². The molecule has 0 fully saturated rings. The van der Waals surface area contributed by atoms with Crippen molar-refractivity contribution in [3.8, 4) is 0 Å². The van der Waals surface area contributed by atoms with Crippen molar-refractivity contribution in [2.45, 2.75) is 11.4 Å². The van der Waals surface area contributed by atoms with Crippen LogP contribution >= 0.6 is 23.2 Å². The molecular formula is C12H18Cl2N2O3S. The molecule has 0 aliphatic carbocycles. The van der Waals surface area contributed by atoms with Gasteiger partial charge in [-0.3, -0.25) is 0 Å². The molecular weight excluding hydrogens is 323 g/mol. The summed E-state index contributed by atoms with van der Waals surface area (Å²) in [5, 5.41) is 3.44. The number of methoxy groups -OCH3 is 1. The number of nitrogens with one attached hydrogen (secondary N) is 1. The molecule has 0 bridgehead atoms. The second-order valence-corrected chi connectivity index (χ2v) is 7.05. The molecule has 0 aromatic heterocycles. The summed E-state index contributed by atoms with van der Waals surface area (Å²) < 4.78 is 31.0. The number of hydrogen-bond donors (Lipinski definition) is 1. The molecule has 1 N–H and O–H groups in total. The van der Waals surface area contributed by atoms with E-state index >= 15 is 0 Å². The lowest BCUT2D eigenvalue weighted by atomic mass is 10.2. The third kappa shape index (κ3) is 4.07. The third-order valence-electron chi connectivity index (χ3n) is 2.75. The van der Waals surface area contributed by atoms with Gasteiger partial charge in [-0.05, 0) is 24.7 Å². The van der Waals surface area contributed by atoms with E-state index < -0.39 is 10.0 Å². The van der Waals surface area contributed by atoms with Crippen LogP contribution in [0.1, 0.15) is 5.56 Å². The van der Waals surface area contributed by atoms with Crippen LogP contribution in [0.2, 0.25) is 10.0 Å². The second kappa shape index (κ2) is 7.59. The minimum atomic E-state index is -3.70. The first-order valence-electron chi connectivity index (χ1n) is 5.92. The maximum absolute atomic E-state index is 12.5. The molecule has 5 nitrogen and oxygen atoms in total. The Bertz CT molecular complexity index is 564. The smallest absolute Gasteiger partial charge is 0.244 e. The largest absolute Gasteiger partial charge is 0.383 e. The zero-order valence-corrected chi connectivity index (χ0v) is 13.9. The van der Waals surface area contributed by atoms with Crippen molar-refractivity contribution in [2.24, 2.45) is 0 Å². The van der Waals surface area contributed by atoms with Crippen molar-refractivity contribution in [3.63, 3.8) is 0 Å². The van der Waals surface area contributed by atoms with Crippen LogP contribution in [0.15, 0.2) is 17.0 Å². The highest BCUT2D eigenvalue weighted by atomic mass is 35.5. The van der Waals surface area contributed by atoms with Crippen LogP contribution < -0.4 is 5.32 Å². The van der Waals surface area contributed by atoms with E-state index in [1.54, 1.807) is 13.1 Å². The summed E-state index contributed by atoms with van der Waals surface area (Å²) in [6.45, 7) is 0.976. The van der Waals surface area contributed by atoms with Crippen LogP contribution in [-0.2, 0) is 21.3 Å². The number of nitrogens with zero attached hydrogens (tertiary/aromatic N) is 1. The molecule has 0 radical (unpaired) electrons. The van der Waals surface area contributed by atoms with Gasteiger partial charge in [0, 0.05) is 32.3 Å². The van der Waals surface area contributed by atoms with Crippen molar-refractivity contribution in [2.75, 3.05) is 34.4 Å². The van der Waals surface area contributed by atoms with Gasteiger partial charge in [0.15, 0.2) is 0 Å². The SMILES string of the molecule is CNCc1cc(Cl)cc(S(=O)(=O)N(C)CCOC)c1Cl. The van der Waals surface area contributed by atoms with Gasteiger partial charge in [0.25, 0.3) is 0 Å². The predicted octanol–water partition coefficient (Wildman–Crippen LogP) is 1.98. The Labute approximate surface area is 129 Å². The summed E-state index contributed by atoms with van der Waals surface area (Å²) >= 11 is 12.2. The number of sulfonamides is 1. The number of halogens is 2. The standard InChI is InChI=1S/C12H18Cl2N2O3S/c1-15-8-9-6-10(13)7-11(12(9)14)20(17,18)16(2)4-5-19-3/h6-7,15H,4-5,8H2,1-3H3. The van der Waals surface area contributed by atoms with Gasteiger partial charge in [-0.2, -0.15) is 4.31 Å². The van der Waals surface area contributed by atoms with Gasteiger partial charge >= 0.3 is 0 Å². The van der Waals surface area contributed by atoms with Crippen LogP contribution in [0.25, 0.3) is 0 Å². The molecule has 0 saturated heterocycles. The zero-order valence-electron chi connectivity index (χ0n) is 11.6. The van der Waals surface area contributed by atoms with Crippen molar-refractivity contribution < 1.29 is 13.2 Å². The minimum Gasteiger partial charge on any atom is -0.383 e. The number of likely N-dealkylation sites (N-methyl/N-ethyl adjacent to an activating group) is 1. The molecule has 0 amide bonds. The van der Waals surface area contributed by atoms with Gasteiger partial charge in [-0.1, -0.05) is 23.2 Å². The second-order valence-electron chi connectivity index (χ2n) is 4.23. The molecule has 0 heterocycles. The highest BCUT2D eigenvalue weighted by molar-refractivity contribution is 7.89. The first-order chi connectivity index (χ1) is 9.34. The fraction of sp³-hybridized carbons (Fsp3) is 0.500. The molecule has 8 heteroatoms. The molecule has 0 unspecified atom stereocenters. The summed E-state index contributed by atoms with van der Waals surface area (Å²) in [5.41, 5.74) is 0.639. The first kappa shape index (κ1) is 17.7. The monoisotopic (exact) mass is 340 g/mol. The van der Waals surface area contributed by atoms with E-state index in [2.05, 4.69) is 5.32 Å². The van der Waals surface area contributed by atoms with Gasteiger partial charge < -0.3 is 10.1 Å². The minimum absolute atomic E-state index is 0.00974. The van der Waals surface area contributed by atoms with Gasteiger partial charge in [0.2, 0.25) is 10.0 Å². The number of ether oxygens (including phenoxy) is 1. The average Bonchev–Trinajstić information content (AvgIpc) is 2.39. The van der Waals surface area contributed by atoms with Gasteiger partial charge in [-0.15, -0.1) is 0 Å². The maximum Gasteiger partial charge on any atom is 0.244 e. The third-order valence-corrected chi connectivity index (χ3v) is 5.40. The molecule has 1 aromatic carbocycles. The average molecular weight is 341 g/mol. The number of rotatable bonds is 7. The highest BCUT2D eigenvalue weighted by Gasteiger charge is 2.25. The normalized spacial score (nSPS) is 12.1. The van der Waals surface area contributed by atoms with Crippen LogP contribution in [-0.4, -0.2) is 47.1 Å². The van der Waals surface area contributed by atoms with E-state index in [4.69, 9.17) is 27.9 Å². The fourth-order valence-electron chi connectivity index (χ4n) is 1.63. The van der Waals surface area contributed by atoms with E-state index in [1.165, 1.54) is 24.5 Å². The van der Waals surface area contributed by atoms with Crippen molar-refractivity contribution in [3.05, 3.63) is 27.7 Å². The molecule has 0 saturated carbocycles. The Morgan fingerprint density at radius 1 is 1.35 bits per heavy atom. The lowest BCUT2D eigenvalue weighted by molar-refractivity contribution is 0.185. The molecule has 1 aromatic rings. The van der Waals surface area contributed by atoms with E-state index in [9.17, 15) is 8.42 Å². The maximum atomic E-state index is 12.5. The highest BCUT2D eigenvalue weighted by Crippen LogP contribution is 2.31. The summed E-state index contributed by atoms with van der Waals surface area (Å²) in [7, 11) is 1.04. The van der Waals surface area contributed by atoms with Gasteiger partial charge in [-0.25, -0.2) is 8.42 Å². The summed E-state index contributed by atoms with van der Waals surface area (Å²) in [6, 6.07) is 3.01. The van der Waals surface area contributed by atoms with Crippen LogP contribution in [0, 0.1) is 0 Å². The Hall–Kier alpha value is -0.370. The van der Waals surface area contributed by atoms with Crippen molar-refractivity contribution >= 4 is 33.2 Å². The number of hydrogen-bond acceptors (Lipinski definition) is 4. The molecule has 1 rings (SSSR count). The molecule has 0 atom stereocenters. The van der Waals surface area contributed by atoms with Crippen molar-refractivity contribution in [1.29, 1.82) is 0 Å². The lowest BCUT2D eigenvalue weighted by Crippen LogP contribution is -2.30. The topological polar surface area (TPSA) is 58.6 Å². The Morgan fingerprint density at radius 3 is 2.55 bits per heavy atom. The Balaban J connectivity index is 3.24. The van der Waals surface area contributed by atoms with E-state index in [0.717, 1.165) is 0 Å². The quantitative estimate of drug-likeness (QED) is 0.824. The van der Waals surface area contributed by atoms with E-state index in [1.807, 2.05) is 0 Å². The number of benzene rings is 1. The van der Waals surface area contributed by atoms with Crippen LogP contribution in [0.5, 0.6) is 0 Å². The Morgan fingerprint density at radius 2 is 2.00 bits per heavy atom. The van der Waals surface area contributed by atoms with Crippen LogP contribution in [0.4, 0.5) is 0 Å². The van der Waals surface area contributed by atoms with E-state index in [0.29, 0.717) is 23.7 Å². The zero-order chi connectivity index (χ0) is 15.3. The van der Waals surface area contributed by atoms with Crippen molar-refractivity contribution in [1.82, 2.24) is 9.62 Å². The molecule has 20 heavy (non-hydrogen) atoms. The summed E-state index contributed by atoms with van der Waals surface area (Å²) in [6.07, 6.45) is 0. The molecule has 0 aliphatic heterocycles. The predicted molar refractivity (Wildman–Crippen MR) is 80.9 cm³/mol. The fourth-order valence-corrected chi connectivity index (χ4v) is 3.69. The van der Waals surface area contributed by atoms with Gasteiger partial charge in [0.1, 0.15) is 4.90 Å². The molecule has 0 aliphatic rings. The van der Waals surface area contributed by atoms with Crippen LogP contribution in [0.3, 0.4) is 0 Å². The molecule has 114 valence electrons. The molecule has 0 spiro atoms. The van der Waals surface area contributed by atoms with E-state index in [-0.39, 0.29) is 16.5 Å². The summed E-state index contributed by atoms with van der Waals surface area (Å²) in [4.78, 5) is 0.00974. The first-order valence-corrected chi connectivity index (χ1v) is 8.12. The lowest BCUT2D eigenvalue weighted by Gasteiger charge is -2.19. The Kier molecular flexibility index (Phi) is 6.71.